The van der Waals surface area contributed by atoms with Crippen molar-refractivity contribution in [3.63, 3.8) is 0 Å². The minimum Gasteiger partial charge on any atom is -0.492 e. The van der Waals surface area contributed by atoms with Gasteiger partial charge in [0, 0.05) is 29.5 Å². The lowest BCUT2D eigenvalue weighted by Crippen LogP contribution is -2.38. The molecular formula is C29H35N3O4. The maximum absolute atomic E-state index is 10.7. The zero-order valence-electron chi connectivity index (χ0n) is 20.8. The van der Waals surface area contributed by atoms with Crippen LogP contribution in [0, 0.1) is 0 Å². The van der Waals surface area contributed by atoms with Gasteiger partial charge in [-0.1, -0.05) is 30.3 Å². The summed E-state index contributed by atoms with van der Waals surface area (Å²) in [7, 11) is 0. The quantitative estimate of drug-likeness (QED) is 0.177. The van der Waals surface area contributed by atoms with E-state index in [4.69, 9.17) is 15.6 Å². The first-order valence-electron chi connectivity index (χ1n) is 12.0. The molecule has 0 aliphatic carbocycles. The first-order valence-corrected chi connectivity index (χ1v) is 12.0. The second kappa shape index (κ2) is 12.9. The Hall–Kier alpha value is -3.65. The number of benzene rings is 3. The smallest absolute Gasteiger partial charge is 0.328 e. The number of aliphatic hydroxyl groups excluding tert-OH is 1. The van der Waals surface area contributed by atoms with Crippen LogP contribution in [-0.4, -0.2) is 41.4 Å². The molecule has 0 aliphatic rings. The van der Waals surface area contributed by atoms with Crippen LogP contribution < -0.4 is 21.1 Å². The van der Waals surface area contributed by atoms with Gasteiger partial charge in [-0.3, -0.25) is 0 Å². The van der Waals surface area contributed by atoms with Crippen molar-refractivity contribution in [1.29, 1.82) is 0 Å². The number of nitrogens with two attached hydrogens (primary N) is 1. The minimum atomic E-state index is -1.00. The predicted octanol–water partition coefficient (Wildman–Crippen LogP) is 4.51. The van der Waals surface area contributed by atoms with Crippen molar-refractivity contribution in [2.75, 3.05) is 25.0 Å². The standard InChI is InChI=1S/C29H35N3O4/c1-29(2,30)20-36-26-13-11-25(12-14-26)32-24-9-6-21(7-10-24)16-17-31-19-27(33)23-5-3-4-22(18-23)8-15-28(34)35/h3-15,18,27,31-33H,16-17,19-20,30H2,1-2H3,(H,34,35)/b15-8+/t27-/m0/s1. The summed E-state index contributed by atoms with van der Waals surface area (Å²) in [6.07, 6.45) is 2.75. The SMILES string of the molecule is CC(C)(N)COc1ccc(Nc2ccc(CCNC[C@H](O)c3cccc(/C=C/C(=O)O)c3)cc2)cc1. The van der Waals surface area contributed by atoms with Gasteiger partial charge in [0.1, 0.15) is 12.4 Å². The second-order valence-corrected chi connectivity index (χ2v) is 9.44. The lowest BCUT2D eigenvalue weighted by Gasteiger charge is -2.19. The largest absolute Gasteiger partial charge is 0.492 e. The number of aliphatic hydroxyl groups is 1. The summed E-state index contributed by atoms with van der Waals surface area (Å²) in [5.74, 6) is -0.215. The molecule has 0 saturated carbocycles. The molecule has 0 radical (unpaired) electrons. The molecule has 0 fully saturated rings. The summed E-state index contributed by atoms with van der Waals surface area (Å²) in [4.78, 5) is 10.7. The lowest BCUT2D eigenvalue weighted by molar-refractivity contribution is -0.131. The van der Waals surface area contributed by atoms with Crippen molar-refractivity contribution < 1.29 is 19.7 Å². The monoisotopic (exact) mass is 489 g/mol. The summed E-state index contributed by atoms with van der Waals surface area (Å²) in [6.45, 7) is 5.45. The molecule has 0 bridgehead atoms. The van der Waals surface area contributed by atoms with Crippen LogP contribution in [0.15, 0.2) is 78.9 Å². The van der Waals surface area contributed by atoms with E-state index in [1.807, 2.05) is 56.3 Å². The third-order valence-corrected chi connectivity index (χ3v) is 5.35. The van der Waals surface area contributed by atoms with E-state index in [1.54, 1.807) is 18.2 Å². The molecule has 3 aromatic rings. The summed E-state index contributed by atoms with van der Waals surface area (Å²) in [5, 5.41) is 25.9. The Bertz CT molecular complexity index is 1140. The van der Waals surface area contributed by atoms with Crippen LogP contribution in [0.1, 0.15) is 36.6 Å². The Labute approximate surface area is 212 Å². The van der Waals surface area contributed by atoms with Crippen LogP contribution in [0.5, 0.6) is 5.75 Å². The van der Waals surface area contributed by atoms with Crippen LogP contribution in [-0.2, 0) is 11.2 Å². The number of rotatable bonds is 13. The zero-order chi connectivity index (χ0) is 26.0. The zero-order valence-corrected chi connectivity index (χ0v) is 20.8. The number of anilines is 2. The highest BCUT2D eigenvalue weighted by atomic mass is 16.5. The second-order valence-electron chi connectivity index (χ2n) is 9.44. The Morgan fingerprint density at radius 2 is 1.72 bits per heavy atom. The number of hydrogen-bond donors (Lipinski definition) is 5. The highest BCUT2D eigenvalue weighted by Crippen LogP contribution is 2.21. The molecule has 7 heteroatoms. The van der Waals surface area contributed by atoms with Gasteiger partial charge in [-0.25, -0.2) is 4.79 Å². The molecule has 0 unspecified atom stereocenters. The van der Waals surface area contributed by atoms with Gasteiger partial charge in [0.15, 0.2) is 0 Å². The Morgan fingerprint density at radius 1 is 1.06 bits per heavy atom. The van der Waals surface area contributed by atoms with E-state index in [-0.39, 0.29) is 5.54 Å². The van der Waals surface area contributed by atoms with Gasteiger partial charge >= 0.3 is 5.97 Å². The van der Waals surface area contributed by atoms with E-state index in [2.05, 4.69) is 22.8 Å². The highest BCUT2D eigenvalue weighted by Gasteiger charge is 2.11. The van der Waals surface area contributed by atoms with E-state index in [0.29, 0.717) is 13.2 Å². The van der Waals surface area contributed by atoms with Gasteiger partial charge in [-0.2, -0.15) is 0 Å². The van der Waals surface area contributed by atoms with Crippen molar-refractivity contribution in [3.05, 3.63) is 95.6 Å². The van der Waals surface area contributed by atoms with E-state index in [0.717, 1.165) is 47.3 Å². The normalized spacial score (nSPS) is 12.4. The molecule has 190 valence electrons. The van der Waals surface area contributed by atoms with Gasteiger partial charge < -0.3 is 31.3 Å². The van der Waals surface area contributed by atoms with Crippen molar-refractivity contribution in [3.8, 4) is 5.75 Å². The number of aliphatic carboxylic acids is 1. The Balaban J connectivity index is 1.41. The predicted molar refractivity (Wildman–Crippen MR) is 145 cm³/mol. The summed E-state index contributed by atoms with van der Waals surface area (Å²) in [5.41, 5.74) is 10.2. The maximum Gasteiger partial charge on any atom is 0.328 e. The lowest BCUT2D eigenvalue weighted by atomic mass is 10.1. The number of carboxylic acid groups (broad SMARTS) is 1. The number of ether oxygens (including phenoxy) is 1. The third kappa shape index (κ3) is 9.54. The minimum absolute atomic E-state index is 0.373. The summed E-state index contributed by atoms with van der Waals surface area (Å²) < 4.78 is 5.70. The van der Waals surface area contributed by atoms with Crippen molar-refractivity contribution in [2.45, 2.75) is 31.9 Å². The molecule has 1 atom stereocenters. The summed E-state index contributed by atoms with van der Waals surface area (Å²) >= 11 is 0. The van der Waals surface area contributed by atoms with Crippen molar-refractivity contribution >= 4 is 23.4 Å². The van der Waals surface area contributed by atoms with Gasteiger partial charge in [0.25, 0.3) is 0 Å². The van der Waals surface area contributed by atoms with Crippen LogP contribution in [0.25, 0.3) is 6.08 Å². The molecule has 7 nitrogen and oxygen atoms in total. The number of carbonyl (C=O) groups is 1. The Kier molecular flexibility index (Phi) is 9.64. The molecule has 3 rings (SSSR count). The van der Waals surface area contributed by atoms with Crippen LogP contribution >= 0.6 is 0 Å². The van der Waals surface area contributed by atoms with Crippen molar-refractivity contribution in [2.24, 2.45) is 5.73 Å². The third-order valence-electron chi connectivity index (χ3n) is 5.35. The number of hydrogen-bond acceptors (Lipinski definition) is 6. The van der Waals surface area contributed by atoms with E-state index in [9.17, 15) is 9.90 Å². The van der Waals surface area contributed by atoms with Crippen LogP contribution in [0.3, 0.4) is 0 Å². The highest BCUT2D eigenvalue weighted by molar-refractivity contribution is 5.85. The molecule has 0 aromatic heterocycles. The van der Waals surface area contributed by atoms with Gasteiger partial charge in [-0.05, 0) is 92.0 Å². The van der Waals surface area contributed by atoms with E-state index < -0.39 is 12.1 Å². The molecule has 0 heterocycles. The fourth-order valence-electron chi connectivity index (χ4n) is 3.45. The Morgan fingerprint density at radius 3 is 2.36 bits per heavy atom. The molecule has 6 N–H and O–H groups in total. The topological polar surface area (TPSA) is 117 Å². The van der Waals surface area contributed by atoms with Crippen LogP contribution in [0.4, 0.5) is 11.4 Å². The average Bonchev–Trinajstić information content (AvgIpc) is 2.85. The fourth-order valence-corrected chi connectivity index (χ4v) is 3.45. The van der Waals surface area contributed by atoms with E-state index >= 15 is 0 Å². The maximum atomic E-state index is 10.7. The first kappa shape index (κ1) is 26.9. The van der Waals surface area contributed by atoms with Gasteiger partial charge in [-0.15, -0.1) is 0 Å². The summed E-state index contributed by atoms with van der Waals surface area (Å²) in [6, 6.07) is 23.3. The molecule has 0 amide bonds. The molecular weight excluding hydrogens is 454 g/mol. The molecule has 0 spiro atoms. The number of carboxylic acids is 1. The first-order chi connectivity index (χ1) is 17.2. The molecule has 36 heavy (non-hydrogen) atoms. The van der Waals surface area contributed by atoms with E-state index in [1.165, 1.54) is 11.6 Å². The van der Waals surface area contributed by atoms with Gasteiger partial charge in [0.05, 0.1) is 6.10 Å². The van der Waals surface area contributed by atoms with Crippen molar-refractivity contribution in [1.82, 2.24) is 5.32 Å². The van der Waals surface area contributed by atoms with Crippen LogP contribution in [0.2, 0.25) is 0 Å². The van der Waals surface area contributed by atoms with Gasteiger partial charge in [0.2, 0.25) is 0 Å². The fraction of sp³-hybridized carbons (Fsp3) is 0.276. The molecule has 0 aliphatic heterocycles. The average molecular weight is 490 g/mol. The molecule has 0 saturated heterocycles. The molecule has 3 aromatic carbocycles. The number of nitrogens with one attached hydrogen (secondary N) is 2.